The van der Waals surface area contributed by atoms with Gasteiger partial charge in [0.2, 0.25) is 16.9 Å². The number of aliphatic hydroxyl groups is 2. The third-order valence-electron chi connectivity index (χ3n) is 9.18. The van der Waals surface area contributed by atoms with E-state index in [2.05, 4.69) is 46.6 Å². The second kappa shape index (κ2) is 23.6. The fourth-order valence-corrected chi connectivity index (χ4v) is 9.35. The summed E-state index contributed by atoms with van der Waals surface area (Å²) in [5, 5.41) is 26.4. The van der Waals surface area contributed by atoms with Crippen molar-refractivity contribution in [3.8, 4) is 0 Å². The molecule has 2 amide bonds. The van der Waals surface area contributed by atoms with E-state index in [-0.39, 0.29) is 41.6 Å². The molecule has 63 heavy (non-hydrogen) atoms. The number of fused-ring (bicyclic) bond motifs is 1. The molecule has 1 aromatic carbocycles. The van der Waals surface area contributed by atoms with Crippen molar-refractivity contribution in [2.75, 3.05) is 37.8 Å². The number of phosphoric acid groups is 3. The molecule has 3 aromatic rings. The van der Waals surface area contributed by atoms with Crippen LogP contribution in [0.2, 0.25) is 0 Å². The number of benzene rings is 1. The van der Waals surface area contributed by atoms with Gasteiger partial charge >= 0.3 is 23.5 Å². The molecule has 7 atom stereocenters. The number of nitrogens with two attached hydrogens (primary N) is 1. The number of thioether (sulfide) groups is 1. The molecule has 3 heterocycles. The molecule has 10 N–H and O–H groups in total. The zero-order valence-corrected chi connectivity index (χ0v) is 37.7. The normalized spacial score (nSPS) is 20.6. The van der Waals surface area contributed by atoms with E-state index in [0.29, 0.717) is 5.75 Å². The van der Waals surface area contributed by atoms with Crippen molar-refractivity contribution in [3.63, 3.8) is 0 Å². The fourth-order valence-electron chi connectivity index (χ4n) is 5.92. The molecule has 0 bridgehead atoms. The van der Waals surface area contributed by atoms with Crippen molar-refractivity contribution in [1.82, 2.24) is 30.2 Å². The van der Waals surface area contributed by atoms with Crippen molar-refractivity contribution < 1.29 is 80.5 Å². The Morgan fingerprint density at radius 2 is 1.71 bits per heavy atom. The first kappa shape index (κ1) is 52.1. The highest BCUT2D eigenvalue weighted by molar-refractivity contribution is 8.14. The van der Waals surface area contributed by atoms with Crippen LogP contribution in [0.15, 0.2) is 55.1 Å². The molecule has 24 nitrogen and oxygen atoms in total. The molecule has 0 saturated carbocycles. The number of anilines is 1. The van der Waals surface area contributed by atoms with E-state index in [1.54, 1.807) is 0 Å². The zero-order chi connectivity index (χ0) is 46.4. The number of aliphatic hydroxyl groups excluding tert-OH is 2. The molecule has 4 rings (SSSR count). The van der Waals surface area contributed by atoms with Crippen LogP contribution in [0.25, 0.3) is 11.2 Å². The lowest BCUT2D eigenvalue weighted by molar-refractivity contribution is -0.137. The van der Waals surface area contributed by atoms with Crippen molar-refractivity contribution in [1.29, 1.82) is 0 Å². The third-order valence-corrected chi connectivity index (χ3v) is 13.1. The largest absolute Gasteiger partial charge is 0.481 e. The molecule has 1 saturated heterocycles. The van der Waals surface area contributed by atoms with Crippen LogP contribution in [0.1, 0.15) is 57.7 Å². The average Bonchev–Trinajstić information content (AvgIpc) is 3.77. The highest BCUT2D eigenvalue weighted by Gasteiger charge is 2.50. The van der Waals surface area contributed by atoms with Crippen molar-refractivity contribution in [3.05, 3.63) is 60.7 Å². The molecular weight excluding hydrogens is 915 g/mol. The molecule has 350 valence electrons. The minimum Gasteiger partial charge on any atom is -0.386 e. The fraction of sp³-hybridized carbons (Fsp3) is 0.543. The predicted octanol–water partition coefficient (Wildman–Crippen LogP) is 2.02. The van der Waals surface area contributed by atoms with Crippen LogP contribution in [0, 0.1) is 5.41 Å². The molecular formula is C35H52N7O17P3S. The number of hydrogen-bond donors (Lipinski definition) is 9. The summed E-state index contributed by atoms with van der Waals surface area (Å²) in [6.07, 6.45) is 1.34. The first-order valence-electron chi connectivity index (χ1n) is 19.3. The Morgan fingerprint density at radius 3 is 2.43 bits per heavy atom. The number of nitrogen functional groups attached to an aromatic ring is 1. The first-order valence-corrected chi connectivity index (χ1v) is 24.8. The molecule has 0 aliphatic carbocycles. The number of rotatable bonds is 26. The van der Waals surface area contributed by atoms with Gasteiger partial charge in [-0.15, -0.1) is 0 Å². The van der Waals surface area contributed by atoms with E-state index in [1.807, 2.05) is 24.3 Å². The van der Waals surface area contributed by atoms with Crippen LogP contribution < -0.4 is 16.4 Å². The van der Waals surface area contributed by atoms with Gasteiger partial charge in [-0.3, -0.25) is 32.5 Å². The van der Waals surface area contributed by atoms with Gasteiger partial charge in [0.05, 0.1) is 19.5 Å². The molecule has 1 fully saturated rings. The Bertz CT molecular complexity index is 2180. The minimum absolute atomic E-state index is 0.0300. The van der Waals surface area contributed by atoms with E-state index in [0.717, 1.165) is 61.1 Å². The monoisotopic (exact) mass is 967 g/mol. The van der Waals surface area contributed by atoms with Crippen LogP contribution >= 0.6 is 35.2 Å². The second-order valence-corrected chi connectivity index (χ2v) is 20.1. The molecule has 2 aromatic heterocycles. The number of nitrogens with zero attached hydrogens (tertiary/aromatic N) is 4. The van der Waals surface area contributed by atoms with E-state index >= 15 is 0 Å². The van der Waals surface area contributed by atoms with Gasteiger partial charge in [-0.1, -0.05) is 68.4 Å². The Labute approximate surface area is 365 Å². The average molecular weight is 968 g/mol. The maximum Gasteiger partial charge on any atom is 0.481 e. The van der Waals surface area contributed by atoms with Crippen LogP contribution in [0.5, 0.6) is 0 Å². The van der Waals surface area contributed by atoms with Gasteiger partial charge in [-0.25, -0.2) is 28.6 Å². The number of imidazole rings is 1. The van der Waals surface area contributed by atoms with Crippen molar-refractivity contribution in [2.45, 2.75) is 83.0 Å². The minimum atomic E-state index is -5.58. The Hall–Kier alpha value is -3.48. The SMILES string of the molecule is CC(C)(COP(=O)(O)OP(=O)(O)OC[C@H]1O[C@@H](n2cnc3c(N)ncnc32)[C@H](O)[C@@H]1OP(=O)(O)O)[C@@H](O)C(=O)NCCC(=O)NCCSC(=O)/C=C/CCCCCc1ccccc1. The van der Waals surface area contributed by atoms with E-state index in [9.17, 15) is 57.9 Å². The number of carbonyl (C=O) groups excluding carboxylic acids is 3. The van der Waals surface area contributed by atoms with Crippen LogP contribution in [-0.4, -0.2) is 123 Å². The summed E-state index contributed by atoms with van der Waals surface area (Å²) in [4.78, 5) is 88.0. The lowest BCUT2D eigenvalue weighted by atomic mass is 9.87. The summed E-state index contributed by atoms with van der Waals surface area (Å²) < 4.78 is 62.3. The highest BCUT2D eigenvalue weighted by Crippen LogP contribution is 2.61. The number of amides is 2. The van der Waals surface area contributed by atoms with Crippen molar-refractivity contribution in [2.24, 2.45) is 5.41 Å². The molecule has 1 aliphatic heterocycles. The molecule has 0 radical (unpaired) electrons. The van der Waals surface area contributed by atoms with Gasteiger partial charge in [-0.05, 0) is 37.3 Å². The maximum atomic E-state index is 12.7. The summed E-state index contributed by atoms with van der Waals surface area (Å²) in [6, 6.07) is 10.2. The quantitative estimate of drug-likeness (QED) is 0.0316. The number of nitrogens with one attached hydrogen (secondary N) is 2. The number of ether oxygens (including phenoxy) is 1. The number of unbranched alkanes of at least 4 members (excludes halogenated alkanes) is 3. The summed E-state index contributed by atoms with van der Waals surface area (Å²) in [5.74, 6) is -1.13. The van der Waals surface area contributed by atoms with E-state index in [1.165, 1.54) is 25.5 Å². The van der Waals surface area contributed by atoms with Crippen molar-refractivity contribution >= 4 is 69.1 Å². The number of aromatic nitrogens is 4. The zero-order valence-electron chi connectivity index (χ0n) is 34.2. The standard InChI is InChI=1S/C35H52N7O17P3S/c1-35(2,30(46)33(47)38-16-15-25(43)37-17-18-63-26(44)14-10-5-3-4-7-11-23-12-8-6-9-13-23)20-56-62(53,54)59-61(51,52)55-19-24-29(58-60(48,49)50)28(45)34(57-24)42-22-41-27-31(36)39-21-40-32(27)42/h6,8-10,12-14,21-22,24,28-30,34,45-46H,3-5,7,11,15-20H2,1-2H3,(H,37,43)(H,38,47)(H,51,52)(H,53,54)(H2,36,39,40)(H2,48,49,50)/b14-10+/t24-,28-,29-,30+,34-/m1/s1. The highest BCUT2D eigenvalue weighted by atomic mass is 32.2. The predicted molar refractivity (Wildman–Crippen MR) is 225 cm³/mol. The van der Waals surface area contributed by atoms with Gasteiger partial charge in [0, 0.05) is 30.7 Å². The second-order valence-electron chi connectivity index (χ2n) is 14.7. The topological polar surface area (TPSA) is 364 Å². The summed E-state index contributed by atoms with van der Waals surface area (Å²) in [6.45, 7) is 0.482. The van der Waals surface area contributed by atoms with Crippen LogP contribution in [-0.2, 0) is 57.1 Å². The summed E-state index contributed by atoms with van der Waals surface area (Å²) in [5.41, 5.74) is 5.57. The molecule has 2 unspecified atom stereocenters. The van der Waals surface area contributed by atoms with E-state index < -0.39 is 84.6 Å². The van der Waals surface area contributed by atoms with Gasteiger partial charge in [-0.2, -0.15) is 4.31 Å². The van der Waals surface area contributed by atoms with Gasteiger partial charge in [0.1, 0.15) is 36.3 Å². The Balaban J connectivity index is 1.14. The van der Waals surface area contributed by atoms with Gasteiger partial charge in [0.15, 0.2) is 17.7 Å². The van der Waals surface area contributed by atoms with E-state index in [4.69, 9.17) is 19.5 Å². The maximum absolute atomic E-state index is 12.7. The summed E-state index contributed by atoms with van der Waals surface area (Å²) in [7, 11) is -16.4. The molecule has 0 spiro atoms. The van der Waals surface area contributed by atoms with Crippen LogP contribution in [0.3, 0.4) is 0 Å². The smallest absolute Gasteiger partial charge is 0.386 e. The Morgan fingerprint density at radius 1 is 1.00 bits per heavy atom. The third kappa shape index (κ3) is 17.1. The van der Waals surface area contributed by atoms with Crippen LogP contribution in [0.4, 0.5) is 5.82 Å². The number of aryl methyl sites for hydroxylation is 1. The molecule has 1 aliphatic rings. The number of allylic oxidation sites excluding steroid dienone is 1. The molecule has 28 heteroatoms. The first-order chi connectivity index (χ1) is 29.6. The summed E-state index contributed by atoms with van der Waals surface area (Å²) >= 11 is 1.05. The lowest BCUT2D eigenvalue weighted by Gasteiger charge is -2.30. The number of phosphoric ester groups is 3. The Kier molecular flexibility index (Phi) is 19.6. The van der Waals surface area contributed by atoms with Gasteiger partial charge in [0.25, 0.3) is 0 Å². The van der Waals surface area contributed by atoms with Gasteiger partial charge < -0.3 is 50.9 Å². The number of carbonyl (C=O) groups is 3. The lowest BCUT2D eigenvalue weighted by Crippen LogP contribution is -2.46. The number of hydrogen-bond acceptors (Lipinski definition) is 18.